The van der Waals surface area contributed by atoms with Crippen LogP contribution in [0.15, 0.2) is 218 Å². The van der Waals surface area contributed by atoms with E-state index in [1.54, 1.807) is 0 Å². The fraction of sp³-hybridized carbons (Fsp3) is 0. The first-order valence-electron chi connectivity index (χ1n) is 18.5. The number of nitrogens with zero attached hydrogens (tertiary/aromatic N) is 2. The predicted octanol–water partition coefficient (Wildman–Crippen LogP) is 14.4. The van der Waals surface area contributed by atoms with E-state index in [2.05, 4.69) is 228 Å². The molecule has 0 atom stereocenters. The number of anilines is 3. The summed E-state index contributed by atoms with van der Waals surface area (Å²) in [6.45, 7) is 0. The molecule has 1 aromatic heterocycles. The van der Waals surface area contributed by atoms with Crippen LogP contribution in [0.25, 0.3) is 71.6 Å². The molecular formula is C52H36N2. The molecule has 2 nitrogen and oxygen atoms in total. The zero-order valence-electron chi connectivity index (χ0n) is 29.7. The molecule has 0 bridgehead atoms. The highest BCUT2D eigenvalue weighted by atomic mass is 15.1. The van der Waals surface area contributed by atoms with Crippen LogP contribution < -0.4 is 4.90 Å². The Morgan fingerprint density at radius 1 is 0.296 bits per heavy atom. The topological polar surface area (TPSA) is 8.17 Å². The van der Waals surface area contributed by atoms with Gasteiger partial charge >= 0.3 is 0 Å². The lowest BCUT2D eigenvalue weighted by Gasteiger charge is -2.26. The Morgan fingerprint density at radius 2 is 0.796 bits per heavy atom. The van der Waals surface area contributed by atoms with Crippen molar-refractivity contribution in [3.8, 4) is 39.1 Å². The molecule has 0 spiro atoms. The molecule has 0 fully saturated rings. The Hall–Kier alpha value is -7.16. The fourth-order valence-electron chi connectivity index (χ4n) is 7.96. The van der Waals surface area contributed by atoms with E-state index in [1.165, 1.54) is 71.6 Å². The Bertz CT molecular complexity index is 2870. The molecule has 1 heterocycles. The highest BCUT2D eigenvalue weighted by molar-refractivity contribution is 6.09. The summed E-state index contributed by atoms with van der Waals surface area (Å²) in [5.74, 6) is 0. The first-order valence-corrected chi connectivity index (χ1v) is 18.5. The lowest BCUT2D eigenvalue weighted by Crippen LogP contribution is -2.09. The molecule has 0 aliphatic carbocycles. The van der Waals surface area contributed by atoms with Gasteiger partial charge in [0.1, 0.15) is 0 Å². The van der Waals surface area contributed by atoms with E-state index in [0.717, 1.165) is 17.1 Å². The van der Waals surface area contributed by atoms with Crippen LogP contribution in [0.4, 0.5) is 17.1 Å². The van der Waals surface area contributed by atoms with Gasteiger partial charge in [-0.25, -0.2) is 0 Å². The average Bonchev–Trinajstić information content (AvgIpc) is 3.59. The van der Waals surface area contributed by atoms with Crippen molar-refractivity contribution in [2.24, 2.45) is 0 Å². The zero-order chi connectivity index (χ0) is 35.8. The number of hydrogen-bond acceptors (Lipinski definition) is 1. The summed E-state index contributed by atoms with van der Waals surface area (Å²) in [6, 6.07) is 78.8. The molecule has 0 saturated carbocycles. The number of fused-ring (bicyclic) bond motifs is 4. The van der Waals surface area contributed by atoms with Crippen LogP contribution in [0.3, 0.4) is 0 Å². The Morgan fingerprint density at radius 3 is 1.50 bits per heavy atom. The quantitative estimate of drug-likeness (QED) is 0.162. The standard InChI is InChI=1S/C52H36N2/c1-2-17-44(18-3-1)53(45-31-27-38(28-32-45)41-15-12-16-42(35-41)43-26-25-37-13-4-5-14-40(37)36-43)46-33-29-39(30-34-46)47-19-6-9-22-50(47)54-51-23-10-7-20-48(51)49-21-8-11-24-52(49)54/h1-36H. The highest BCUT2D eigenvalue weighted by Gasteiger charge is 2.17. The molecular weight excluding hydrogens is 653 g/mol. The van der Waals surface area contributed by atoms with Gasteiger partial charge in [0.05, 0.1) is 16.7 Å². The first-order chi connectivity index (χ1) is 26.8. The van der Waals surface area contributed by atoms with Crippen molar-refractivity contribution < 1.29 is 0 Å². The summed E-state index contributed by atoms with van der Waals surface area (Å²) in [7, 11) is 0. The lowest BCUT2D eigenvalue weighted by molar-refractivity contribution is 1.18. The van der Waals surface area contributed by atoms with Gasteiger partial charge in [-0.3, -0.25) is 0 Å². The van der Waals surface area contributed by atoms with Gasteiger partial charge in [0.2, 0.25) is 0 Å². The van der Waals surface area contributed by atoms with Crippen LogP contribution in [0, 0.1) is 0 Å². The number of para-hydroxylation sites is 4. The minimum Gasteiger partial charge on any atom is -0.311 e. The second-order valence-electron chi connectivity index (χ2n) is 13.8. The lowest BCUT2D eigenvalue weighted by atomic mass is 9.97. The van der Waals surface area contributed by atoms with E-state index in [9.17, 15) is 0 Å². The van der Waals surface area contributed by atoms with Gasteiger partial charge in [0.25, 0.3) is 0 Å². The van der Waals surface area contributed by atoms with E-state index >= 15 is 0 Å². The van der Waals surface area contributed by atoms with Crippen molar-refractivity contribution in [2.45, 2.75) is 0 Å². The minimum absolute atomic E-state index is 1.10. The monoisotopic (exact) mass is 688 g/mol. The molecule has 54 heavy (non-hydrogen) atoms. The van der Waals surface area contributed by atoms with Gasteiger partial charge in [-0.2, -0.15) is 0 Å². The predicted molar refractivity (Wildman–Crippen MR) is 229 cm³/mol. The van der Waals surface area contributed by atoms with E-state index in [0.29, 0.717) is 0 Å². The number of benzene rings is 9. The maximum absolute atomic E-state index is 2.41. The SMILES string of the molecule is c1ccc(N(c2ccc(-c3cccc(-c4ccc5ccccc5c4)c3)cc2)c2ccc(-c3ccccc3-n3c4ccccc4c4ccccc43)cc2)cc1. The third-order valence-electron chi connectivity index (χ3n) is 10.6. The molecule has 0 saturated heterocycles. The third kappa shape index (κ3) is 5.62. The summed E-state index contributed by atoms with van der Waals surface area (Å²) < 4.78 is 2.41. The summed E-state index contributed by atoms with van der Waals surface area (Å²) in [5.41, 5.74) is 14.1. The second-order valence-corrected chi connectivity index (χ2v) is 13.8. The van der Waals surface area contributed by atoms with Crippen LogP contribution >= 0.6 is 0 Å². The van der Waals surface area contributed by atoms with E-state index in [1.807, 2.05) is 0 Å². The number of rotatable bonds is 7. The Kier molecular flexibility index (Phi) is 7.85. The van der Waals surface area contributed by atoms with Crippen molar-refractivity contribution in [1.82, 2.24) is 4.57 Å². The van der Waals surface area contributed by atoms with Gasteiger partial charge in [-0.1, -0.05) is 152 Å². The second kappa shape index (κ2) is 13.4. The third-order valence-corrected chi connectivity index (χ3v) is 10.6. The van der Waals surface area contributed by atoms with Crippen LogP contribution in [0.1, 0.15) is 0 Å². The maximum Gasteiger partial charge on any atom is 0.0541 e. The summed E-state index contributed by atoms with van der Waals surface area (Å²) >= 11 is 0. The fourth-order valence-corrected chi connectivity index (χ4v) is 7.96. The molecule has 0 unspecified atom stereocenters. The highest BCUT2D eigenvalue weighted by Crippen LogP contribution is 2.39. The van der Waals surface area contributed by atoms with Crippen LogP contribution in [0.5, 0.6) is 0 Å². The molecule has 0 radical (unpaired) electrons. The van der Waals surface area contributed by atoms with Crippen LogP contribution in [-0.4, -0.2) is 4.57 Å². The normalized spacial score (nSPS) is 11.3. The van der Waals surface area contributed by atoms with Crippen LogP contribution in [0.2, 0.25) is 0 Å². The molecule has 9 aromatic carbocycles. The average molecular weight is 689 g/mol. The summed E-state index contributed by atoms with van der Waals surface area (Å²) in [4.78, 5) is 2.33. The van der Waals surface area contributed by atoms with E-state index < -0.39 is 0 Å². The van der Waals surface area contributed by atoms with Gasteiger partial charge < -0.3 is 9.47 Å². The van der Waals surface area contributed by atoms with E-state index in [-0.39, 0.29) is 0 Å². The van der Waals surface area contributed by atoms with Crippen molar-refractivity contribution in [1.29, 1.82) is 0 Å². The van der Waals surface area contributed by atoms with Crippen molar-refractivity contribution >= 4 is 49.6 Å². The summed E-state index contributed by atoms with van der Waals surface area (Å²) in [5, 5.41) is 5.04. The van der Waals surface area contributed by atoms with Crippen molar-refractivity contribution in [2.75, 3.05) is 4.90 Å². The Balaban J connectivity index is 0.998. The van der Waals surface area contributed by atoms with Crippen molar-refractivity contribution in [3.05, 3.63) is 218 Å². The number of hydrogen-bond donors (Lipinski definition) is 0. The molecule has 0 aliphatic heterocycles. The maximum atomic E-state index is 2.41. The van der Waals surface area contributed by atoms with Gasteiger partial charge in [0, 0.05) is 33.4 Å². The van der Waals surface area contributed by atoms with Crippen molar-refractivity contribution in [3.63, 3.8) is 0 Å². The largest absolute Gasteiger partial charge is 0.311 e. The molecule has 10 aromatic rings. The van der Waals surface area contributed by atoms with Gasteiger partial charge in [0.15, 0.2) is 0 Å². The minimum atomic E-state index is 1.10. The molecule has 0 aliphatic rings. The Labute approximate surface area is 315 Å². The summed E-state index contributed by atoms with van der Waals surface area (Å²) in [6.07, 6.45) is 0. The molecule has 0 N–H and O–H groups in total. The molecule has 254 valence electrons. The first kappa shape index (κ1) is 31.6. The molecule has 0 amide bonds. The van der Waals surface area contributed by atoms with Gasteiger partial charge in [-0.15, -0.1) is 0 Å². The molecule has 2 heteroatoms. The van der Waals surface area contributed by atoms with Crippen LogP contribution in [-0.2, 0) is 0 Å². The smallest absolute Gasteiger partial charge is 0.0541 e. The number of aromatic nitrogens is 1. The van der Waals surface area contributed by atoms with Gasteiger partial charge in [-0.05, 0) is 105 Å². The zero-order valence-corrected chi connectivity index (χ0v) is 29.7. The van der Waals surface area contributed by atoms with E-state index in [4.69, 9.17) is 0 Å². The molecule has 10 rings (SSSR count).